The Kier molecular flexibility index (Phi) is 6.12. The van der Waals surface area contributed by atoms with E-state index in [9.17, 15) is 0 Å². The first-order valence-corrected chi connectivity index (χ1v) is 9.69. The van der Waals surface area contributed by atoms with Crippen molar-refractivity contribution < 1.29 is 0 Å². The maximum Gasteiger partial charge on any atom is 0.154 e. The second-order valence-corrected chi connectivity index (χ2v) is 7.59. The predicted octanol–water partition coefficient (Wildman–Crippen LogP) is 6.89. The molecule has 2 aromatic carbocycles. The second kappa shape index (κ2) is 8.52. The van der Waals surface area contributed by atoms with Gasteiger partial charge in [-0.3, -0.25) is 0 Å². The van der Waals surface area contributed by atoms with Gasteiger partial charge in [-0.05, 0) is 61.4 Å². The Morgan fingerprint density at radius 2 is 1.04 bits per heavy atom. The number of halogens is 2. The van der Waals surface area contributed by atoms with Gasteiger partial charge in [0.05, 0.1) is 0 Å². The number of rotatable bonds is 4. The van der Waals surface area contributed by atoms with Gasteiger partial charge < -0.3 is 0 Å². The first-order chi connectivity index (χ1) is 12.5. The Hall–Kier alpha value is -2.11. The molecule has 3 aromatic rings. The molecular formula is C21H17Br2N3. The second-order valence-electron chi connectivity index (χ2n) is 5.76. The minimum atomic E-state index is 0.648. The van der Waals surface area contributed by atoms with Crippen molar-refractivity contribution in [2.75, 3.05) is 0 Å². The molecule has 0 atom stereocenters. The van der Waals surface area contributed by atoms with E-state index in [1.165, 1.54) is 0 Å². The van der Waals surface area contributed by atoms with E-state index in [0.717, 1.165) is 31.5 Å². The monoisotopic (exact) mass is 469 g/mol. The minimum absolute atomic E-state index is 0.648. The van der Waals surface area contributed by atoms with E-state index in [4.69, 9.17) is 0 Å². The third-order valence-corrected chi connectivity index (χ3v) is 4.87. The standard InChI is InChI=1S/C21H17Br2N3/c1-14(16-6-10-18(22)11-7-16)24-20-4-3-5-21(26-20)25-15(2)17-8-12-19(23)13-9-17/h3-13H,1-2H3/b24-14+,25-15?. The predicted molar refractivity (Wildman–Crippen MR) is 116 cm³/mol. The van der Waals surface area contributed by atoms with Gasteiger partial charge in [0.15, 0.2) is 11.6 Å². The first-order valence-electron chi connectivity index (χ1n) is 8.11. The highest BCUT2D eigenvalue weighted by atomic mass is 79.9. The van der Waals surface area contributed by atoms with Crippen LogP contribution in [-0.2, 0) is 0 Å². The molecule has 3 nitrogen and oxygen atoms in total. The lowest BCUT2D eigenvalue weighted by molar-refractivity contribution is 1.23. The Morgan fingerprint density at radius 1 is 0.654 bits per heavy atom. The van der Waals surface area contributed by atoms with Gasteiger partial charge in [0.2, 0.25) is 0 Å². The summed E-state index contributed by atoms with van der Waals surface area (Å²) in [4.78, 5) is 13.8. The van der Waals surface area contributed by atoms with Crippen LogP contribution in [0.2, 0.25) is 0 Å². The largest absolute Gasteiger partial charge is 0.233 e. The summed E-state index contributed by atoms with van der Waals surface area (Å²) in [6, 6.07) is 21.8. The van der Waals surface area contributed by atoms with Gasteiger partial charge in [0, 0.05) is 20.4 Å². The quantitative estimate of drug-likeness (QED) is 0.382. The molecule has 1 aromatic heterocycles. The molecule has 0 unspecified atom stereocenters. The van der Waals surface area contributed by atoms with Crippen LogP contribution in [0.5, 0.6) is 0 Å². The van der Waals surface area contributed by atoms with Crippen molar-refractivity contribution >= 4 is 54.9 Å². The van der Waals surface area contributed by atoms with Gasteiger partial charge in [0.25, 0.3) is 0 Å². The molecule has 26 heavy (non-hydrogen) atoms. The molecule has 130 valence electrons. The number of benzene rings is 2. The maximum atomic E-state index is 4.63. The van der Waals surface area contributed by atoms with E-state index in [1.807, 2.05) is 80.6 Å². The van der Waals surface area contributed by atoms with Crippen LogP contribution in [-0.4, -0.2) is 16.4 Å². The number of aromatic nitrogens is 1. The SMILES string of the molecule is CC(=Nc1cccc(/N=C(\C)c2ccc(Br)cc2)n1)c1ccc(Br)cc1. The van der Waals surface area contributed by atoms with Crippen molar-refractivity contribution in [1.29, 1.82) is 0 Å². The van der Waals surface area contributed by atoms with Gasteiger partial charge in [-0.25, -0.2) is 15.0 Å². The average molecular weight is 471 g/mol. The molecular weight excluding hydrogens is 454 g/mol. The van der Waals surface area contributed by atoms with Crippen LogP contribution in [0.1, 0.15) is 25.0 Å². The van der Waals surface area contributed by atoms with Gasteiger partial charge >= 0.3 is 0 Å². The number of hydrogen-bond donors (Lipinski definition) is 0. The van der Waals surface area contributed by atoms with Crippen LogP contribution < -0.4 is 0 Å². The molecule has 3 rings (SSSR count). The highest BCUT2D eigenvalue weighted by Gasteiger charge is 2.02. The van der Waals surface area contributed by atoms with Gasteiger partial charge in [-0.1, -0.05) is 62.2 Å². The molecule has 0 aliphatic rings. The smallest absolute Gasteiger partial charge is 0.154 e. The average Bonchev–Trinajstić information content (AvgIpc) is 2.63. The fourth-order valence-electron chi connectivity index (χ4n) is 2.39. The van der Waals surface area contributed by atoms with E-state index in [0.29, 0.717) is 11.6 Å². The zero-order valence-electron chi connectivity index (χ0n) is 14.4. The summed E-state index contributed by atoms with van der Waals surface area (Å²) in [5.41, 5.74) is 3.96. The van der Waals surface area contributed by atoms with Crippen LogP contribution in [0.15, 0.2) is 85.7 Å². The van der Waals surface area contributed by atoms with Crippen LogP contribution in [0, 0.1) is 0 Å². The third kappa shape index (κ3) is 4.96. The van der Waals surface area contributed by atoms with E-state index < -0.39 is 0 Å². The first kappa shape index (κ1) is 18.7. The summed E-state index contributed by atoms with van der Waals surface area (Å²) in [6.07, 6.45) is 0. The van der Waals surface area contributed by atoms with Crippen LogP contribution in [0.25, 0.3) is 0 Å². The Balaban J connectivity index is 1.86. The third-order valence-electron chi connectivity index (χ3n) is 3.81. The van der Waals surface area contributed by atoms with Crippen LogP contribution >= 0.6 is 31.9 Å². The molecule has 0 fully saturated rings. The normalized spacial score (nSPS) is 12.3. The minimum Gasteiger partial charge on any atom is -0.233 e. The van der Waals surface area contributed by atoms with Gasteiger partial charge in [-0.15, -0.1) is 0 Å². The van der Waals surface area contributed by atoms with Crippen LogP contribution in [0.4, 0.5) is 11.6 Å². The van der Waals surface area contributed by atoms with Crippen LogP contribution in [0.3, 0.4) is 0 Å². The lowest BCUT2D eigenvalue weighted by Crippen LogP contribution is -1.95. The molecule has 0 aliphatic carbocycles. The molecule has 0 saturated carbocycles. The van der Waals surface area contributed by atoms with Crippen molar-refractivity contribution in [2.24, 2.45) is 9.98 Å². The summed E-state index contributed by atoms with van der Waals surface area (Å²) < 4.78 is 2.10. The fraction of sp³-hybridized carbons (Fsp3) is 0.0952. The van der Waals surface area contributed by atoms with E-state index in [2.05, 4.69) is 46.8 Å². The Labute approximate surface area is 170 Å². The van der Waals surface area contributed by atoms with Crippen molar-refractivity contribution in [3.8, 4) is 0 Å². The van der Waals surface area contributed by atoms with Crippen molar-refractivity contribution in [1.82, 2.24) is 4.98 Å². The number of aliphatic imine (C=N–C) groups is 2. The molecule has 0 saturated heterocycles. The van der Waals surface area contributed by atoms with E-state index >= 15 is 0 Å². The summed E-state index contributed by atoms with van der Waals surface area (Å²) >= 11 is 6.89. The highest BCUT2D eigenvalue weighted by molar-refractivity contribution is 9.10. The number of nitrogens with zero attached hydrogens (tertiary/aromatic N) is 3. The number of pyridine rings is 1. The highest BCUT2D eigenvalue weighted by Crippen LogP contribution is 2.19. The molecule has 0 N–H and O–H groups in total. The molecule has 0 radical (unpaired) electrons. The van der Waals surface area contributed by atoms with Crippen molar-refractivity contribution in [2.45, 2.75) is 13.8 Å². The fourth-order valence-corrected chi connectivity index (χ4v) is 2.92. The molecule has 0 amide bonds. The Morgan fingerprint density at radius 3 is 1.42 bits per heavy atom. The lowest BCUT2D eigenvalue weighted by Gasteiger charge is -2.03. The zero-order chi connectivity index (χ0) is 18.5. The summed E-state index contributed by atoms with van der Waals surface area (Å²) in [6.45, 7) is 3.96. The molecule has 0 bridgehead atoms. The summed E-state index contributed by atoms with van der Waals surface area (Å²) in [5.74, 6) is 1.30. The molecule has 5 heteroatoms. The van der Waals surface area contributed by atoms with E-state index in [1.54, 1.807) is 0 Å². The summed E-state index contributed by atoms with van der Waals surface area (Å²) in [5, 5.41) is 0. The van der Waals surface area contributed by atoms with Crippen molar-refractivity contribution in [3.05, 3.63) is 86.8 Å². The molecule has 0 spiro atoms. The zero-order valence-corrected chi connectivity index (χ0v) is 17.6. The summed E-state index contributed by atoms with van der Waals surface area (Å²) in [7, 11) is 0. The maximum absolute atomic E-state index is 4.63. The van der Waals surface area contributed by atoms with Crippen molar-refractivity contribution in [3.63, 3.8) is 0 Å². The van der Waals surface area contributed by atoms with Gasteiger partial charge in [-0.2, -0.15) is 0 Å². The lowest BCUT2D eigenvalue weighted by atomic mass is 10.1. The van der Waals surface area contributed by atoms with E-state index in [-0.39, 0.29) is 0 Å². The van der Waals surface area contributed by atoms with Gasteiger partial charge in [0.1, 0.15) is 0 Å². The molecule has 0 aliphatic heterocycles. The Bertz CT molecular complexity index is 883. The molecule has 1 heterocycles. The topological polar surface area (TPSA) is 37.6 Å². The number of hydrogen-bond acceptors (Lipinski definition) is 3.